The minimum Gasteiger partial charge on any atom is -0.497 e. The number of methoxy groups -OCH3 is 1. The maximum Gasteiger partial charge on any atom is 0.264 e. The quantitative estimate of drug-likeness (QED) is 0.749. The first-order chi connectivity index (χ1) is 12.5. The Morgan fingerprint density at radius 2 is 1.50 bits per heavy atom. The topological polar surface area (TPSA) is 72.5 Å². The van der Waals surface area contributed by atoms with E-state index in [-0.39, 0.29) is 10.5 Å². The highest BCUT2D eigenvalue weighted by atomic mass is 32.2. The minimum atomic E-state index is -3.98. The molecule has 0 unspecified atom stereocenters. The highest BCUT2D eigenvalue weighted by molar-refractivity contribution is 7.90. The second-order valence-corrected chi connectivity index (χ2v) is 7.24. The Bertz CT molecular complexity index is 1010. The van der Waals surface area contributed by atoms with Crippen LogP contribution in [0.2, 0.25) is 0 Å². The lowest BCUT2D eigenvalue weighted by atomic mass is 10.0. The standard InChI is InChI=1S/C20H17NO4S/c1-25-18-8-5-9-19(14-18)26(23,24)21-20(22)17-12-10-16(11-13-17)15-6-3-2-4-7-15/h2-14H,1H3,(H,21,22). The number of benzene rings is 3. The van der Waals surface area contributed by atoms with Crippen LogP contribution in [0.4, 0.5) is 0 Å². The fourth-order valence-corrected chi connectivity index (χ4v) is 3.46. The van der Waals surface area contributed by atoms with E-state index in [1.54, 1.807) is 36.4 Å². The third-order valence-corrected chi connectivity index (χ3v) is 5.16. The highest BCUT2D eigenvalue weighted by Gasteiger charge is 2.19. The van der Waals surface area contributed by atoms with Gasteiger partial charge in [-0.25, -0.2) is 13.1 Å². The summed E-state index contributed by atoms with van der Waals surface area (Å²) in [6.45, 7) is 0. The van der Waals surface area contributed by atoms with Gasteiger partial charge >= 0.3 is 0 Å². The molecule has 0 fully saturated rings. The summed E-state index contributed by atoms with van der Waals surface area (Å²) in [6, 6.07) is 22.4. The number of rotatable bonds is 5. The molecular weight excluding hydrogens is 350 g/mol. The number of carbonyl (C=O) groups is 1. The predicted molar refractivity (Wildman–Crippen MR) is 99.5 cm³/mol. The Morgan fingerprint density at radius 3 is 2.15 bits per heavy atom. The van der Waals surface area contributed by atoms with E-state index in [2.05, 4.69) is 4.72 Å². The molecule has 0 radical (unpaired) electrons. The lowest BCUT2D eigenvalue weighted by molar-refractivity contribution is 0.0981. The number of hydrogen-bond acceptors (Lipinski definition) is 4. The van der Waals surface area contributed by atoms with Crippen molar-refractivity contribution in [3.8, 4) is 16.9 Å². The molecule has 0 saturated heterocycles. The Morgan fingerprint density at radius 1 is 0.846 bits per heavy atom. The van der Waals surface area contributed by atoms with Crippen molar-refractivity contribution < 1.29 is 17.9 Å². The van der Waals surface area contributed by atoms with Crippen molar-refractivity contribution in [3.63, 3.8) is 0 Å². The van der Waals surface area contributed by atoms with Crippen molar-refractivity contribution in [1.29, 1.82) is 0 Å². The molecular formula is C20H17NO4S. The van der Waals surface area contributed by atoms with Crippen molar-refractivity contribution in [2.75, 3.05) is 7.11 Å². The van der Waals surface area contributed by atoms with Crippen LogP contribution < -0.4 is 9.46 Å². The molecule has 0 aliphatic heterocycles. The maximum atomic E-state index is 12.4. The van der Waals surface area contributed by atoms with E-state index < -0.39 is 15.9 Å². The highest BCUT2D eigenvalue weighted by Crippen LogP contribution is 2.20. The average Bonchev–Trinajstić information content (AvgIpc) is 2.68. The average molecular weight is 367 g/mol. The second-order valence-electron chi connectivity index (χ2n) is 5.56. The summed E-state index contributed by atoms with van der Waals surface area (Å²) < 4.78 is 31.9. The number of nitrogens with one attached hydrogen (secondary N) is 1. The van der Waals surface area contributed by atoms with E-state index in [0.29, 0.717) is 5.75 Å². The van der Waals surface area contributed by atoms with E-state index in [1.165, 1.54) is 19.2 Å². The maximum absolute atomic E-state index is 12.4. The number of sulfonamides is 1. The summed E-state index contributed by atoms with van der Waals surface area (Å²) in [7, 11) is -2.54. The van der Waals surface area contributed by atoms with E-state index in [1.807, 2.05) is 30.3 Å². The third kappa shape index (κ3) is 3.92. The number of hydrogen-bond donors (Lipinski definition) is 1. The Balaban J connectivity index is 1.79. The van der Waals surface area contributed by atoms with Crippen molar-refractivity contribution in [1.82, 2.24) is 4.72 Å². The van der Waals surface area contributed by atoms with Gasteiger partial charge in [-0.05, 0) is 35.4 Å². The van der Waals surface area contributed by atoms with Crippen LogP contribution >= 0.6 is 0 Å². The number of ether oxygens (including phenoxy) is 1. The van der Waals surface area contributed by atoms with Crippen molar-refractivity contribution in [2.24, 2.45) is 0 Å². The Kier molecular flexibility index (Phi) is 5.04. The van der Waals surface area contributed by atoms with Crippen LogP contribution in [0.25, 0.3) is 11.1 Å². The second kappa shape index (κ2) is 7.41. The normalized spacial score (nSPS) is 11.0. The summed E-state index contributed by atoms with van der Waals surface area (Å²) in [5.74, 6) is -0.292. The van der Waals surface area contributed by atoms with E-state index >= 15 is 0 Å². The molecule has 0 saturated carbocycles. The molecule has 0 spiro atoms. The molecule has 0 aliphatic rings. The fraction of sp³-hybridized carbons (Fsp3) is 0.0500. The molecule has 0 heterocycles. The third-order valence-electron chi connectivity index (χ3n) is 3.83. The first-order valence-corrected chi connectivity index (χ1v) is 9.34. The van der Waals surface area contributed by atoms with Crippen molar-refractivity contribution in [3.05, 3.63) is 84.4 Å². The van der Waals surface area contributed by atoms with Gasteiger partial charge in [-0.15, -0.1) is 0 Å². The minimum absolute atomic E-state index is 0.0360. The zero-order chi connectivity index (χ0) is 18.6. The van der Waals surface area contributed by atoms with Gasteiger partial charge in [0.25, 0.3) is 15.9 Å². The van der Waals surface area contributed by atoms with Gasteiger partial charge in [0.15, 0.2) is 0 Å². The zero-order valence-electron chi connectivity index (χ0n) is 14.0. The van der Waals surface area contributed by atoms with Crippen LogP contribution in [0.1, 0.15) is 10.4 Å². The van der Waals surface area contributed by atoms with Crippen molar-refractivity contribution in [2.45, 2.75) is 4.90 Å². The molecule has 132 valence electrons. The van der Waals surface area contributed by atoms with E-state index in [4.69, 9.17) is 4.74 Å². The van der Waals surface area contributed by atoms with Gasteiger partial charge in [-0.2, -0.15) is 0 Å². The van der Waals surface area contributed by atoms with Crippen LogP contribution in [0.5, 0.6) is 5.75 Å². The molecule has 0 atom stereocenters. The van der Waals surface area contributed by atoms with Crippen LogP contribution in [0.15, 0.2) is 83.8 Å². The fourth-order valence-electron chi connectivity index (χ4n) is 2.45. The first-order valence-electron chi connectivity index (χ1n) is 7.86. The van der Waals surface area contributed by atoms with Crippen LogP contribution in [-0.2, 0) is 10.0 Å². The van der Waals surface area contributed by atoms with E-state index in [0.717, 1.165) is 11.1 Å². The SMILES string of the molecule is COc1cccc(S(=O)(=O)NC(=O)c2ccc(-c3ccccc3)cc2)c1. The van der Waals surface area contributed by atoms with Gasteiger partial charge in [0.2, 0.25) is 0 Å². The zero-order valence-corrected chi connectivity index (χ0v) is 14.9. The molecule has 3 aromatic rings. The molecule has 3 aromatic carbocycles. The molecule has 26 heavy (non-hydrogen) atoms. The lowest BCUT2D eigenvalue weighted by Gasteiger charge is -2.09. The molecule has 0 aliphatic carbocycles. The molecule has 3 rings (SSSR count). The Hall–Kier alpha value is -3.12. The molecule has 1 N–H and O–H groups in total. The van der Waals surface area contributed by atoms with E-state index in [9.17, 15) is 13.2 Å². The first kappa shape index (κ1) is 17.7. The van der Waals surface area contributed by atoms with Gasteiger partial charge in [-0.3, -0.25) is 4.79 Å². The van der Waals surface area contributed by atoms with Gasteiger partial charge in [0.05, 0.1) is 12.0 Å². The Labute approximate surface area is 152 Å². The largest absolute Gasteiger partial charge is 0.497 e. The molecule has 5 nitrogen and oxygen atoms in total. The van der Waals surface area contributed by atoms with Crippen LogP contribution in [0, 0.1) is 0 Å². The smallest absolute Gasteiger partial charge is 0.264 e. The summed E-state index contributed by atoms with van der Waals surface area (Å²) in [5.41, 5.74) is 2.22. The number of amides is 1. The summed E-state index contributed by atoms with van der Waals surface area (Å²) in [5, 5.41) is 0. The van der Waals surface area contributed by atoms with Gasteiger partial charge in [0.1, 0.15) is 5.75 Å². The molecule has 0 bridgehead atoms. The predicted octanol–water partition coefficient (Wildman–Crippen LogP) is 3.48. The molecule has 6 heteroatoms. The summed E-state index contributed by atoms with van der Waals surface area (Å²) >= 11 is 0. The number of carbonyl (C=O) groups excluding carboxylic acids is 1. The summed E-state index contributed by atoms with van der Waals surface area (Å²) in [6.07, 6.45) is 0. The van der Waals surface area contributed by atoms with Crippen LogP contribution in [-0.4, -0.2) is 21.4 Å². The lowest BCUT2D eigenvalue weighted by Crippen LogP contribution is -2.30. The van der Waals surface area contributed by atoms with Crippen LogP contribution in [0.3, 0.4) is 0 Å². The molecule has 0 aromatic heterocycles. The summed E-state index contributed by atoms with van der Waals surface area (Å²) in [4.78, 5) is 12.3. The van der Waals surface area contributed by atoms with Gasteiger partial charge in [0, 0.05) is 11.6 Å². The monoisotopic (exact) mass is 367 g/mol. The van der Waals surface area contributed by atoms with Crippen molar-refractivity contribution >= 4 is 15.9 Å². The van der Waals surface area contributed by atoms with Gasteiger partial charge < -0.3 is 4.74 Å². The van der Waals surface area contributed by atoms with Gasteiger partial charge in [-0.1, -0.05) is 48.5 Å². The molecule has 1 amide bonds.